The molecule has 2 aromatic carbocycles. The third-order valence-electron chi connectivity index (χ3n) is 3.10. The molecule has 0 saturated carbocycles. The molecule has 0 radical (unpaired) electrons. The molecule has 0 aliphatic heterocycles. The van der Waals surface area contributed by atoms with Gasteiger partial charge in [0.05, 0.1) is 15.0 Å². The number of non-ortho nitro benzene ring substituents is 1. The zero-order chi connectivity index (χ0) is 18.6. The lowest BCUT2D eigenvalue weighted by molar-refractivity contribution is -0.384. The van der Waals surface area contributed by atoms with E-state index in [-0.39, 0.29) is 21.3 Å². The van der Waals surface area contributed by atoms with Gasteiger partial charge in [0, 0.05) is 12.1 Å². The molecule has 0 N–H and O–H groups in total. The predicted molar refractivity (Wildman–Crippen MR) is 95.9 cm³/mol. The highest BCUT2D eigenvalue weighted by Crippen LogP contribution is 2.28. The van der Waals surface area contributed by atoms with Crippen molar-refractivity contribution in [1.29, 1.82) is 0 Å². The van der Waals surface area contributed by atoms with Crippen LogP contribution in [0, 0.1) is 10.1 Å². The summed E-state index contributed by atoms with van der Waals surface area (Å²) in [5, 5.41) is 10.6. The van der Waals surface area contributed by atoms with Crippen LogP contribution in [0.2, 0.25) is 10.0 Å². The molecule has 9 heteroatoms. The Balaban J connectivity index is 2.27. The number of benzene rings is 2. The molecule has 25 heavy (non-hydrogen) atoms. The lowest BCUT2D eigenvalue weighted by atomic mass is 10.1. The molecule has 0 atom stereocenters. The van der Waals surface area contributed by atoms with E-state index < -0.39 is 20.0 Å². The maximum Gasteiger partial charge on any atom is 0.334 e. The topological polar surface area (TPSA) is 77.3 Å². The van der Waals surface area contributed by atoms with Crippen LogP contribution in [0.3, 0.4) is 0 Å². The van der Waals surface area contributed by atoms with E-state index >= 15 is 0 Å². The molecule has 0 aromatic heterocycles. The Labute approximate surface area is 153 Å². The van der Waals surface area contributed by atoms with E-state index in [4.69, 9.17) is 23.2 Å². The molecule has 0 aliphatic rings. The highest BCUT2D eigenvalue weighted by molar-refractivity contribution is 7.86. The monoisotopic (exact) mass is 401 g/mol. The molecular weight excluding hydrogens is 392 g/mol. The van der Waals surface area contributed by atoms with E-state index in [2.05, 4.69) is 0 Å². The number of nitrogens with zero attached hydrogens (tertiary/aromatic N) is 1. The first-order chi connectivity index (χ1) is 11.7. The van der Waals surface area contributed by atoms with Crippen LogP contribution in [0.4, 0.5) is 9.57 Å². The van der Waals surface area contributed by atoms with Crippen molar-refractivity contribution in [2.75, 3.05) is 0 Å². The van der Waals surface area contributed by atoms with E-state index in [1.807, 2.05) is 0 Å². The molecule has 5 nitrogen and oxygen atoms in total. The lowest BCUT2D eigenvalue weighted by Gasteiger charge is -2.03. The lowest BCUT2D eigenvalue weighted by Crippen LogP contribution is -1.96. The van der Waals surface area contributed by atoms with Crippen LogP contribution < -0.4 is 0 Å². The van der Waals surface area contributed by atoms with Gasteiger partial charge < -0.3 is 0 Å². The normalized spacial score (nSPS) is 12.1. The molecule has 0 unspecified atom stereocenters. The minimum Gasteiger partial charge on any atom is -0.258 e. The number of halogens is 3. The van der Waals surface area contributed by atoms with Crippen molar-refractivity contribution in [3.63, 3.8) is 0 Å². The standard InChI is InChI=1S/C16H10Cl2FNO4S/c17-14-7-3-6-12(16(14)25(19,23)24)5-2-1-4-11-8-9-13(20(21)22)10-15(11)18/h1-10H/b4-1+,5-2+. The van der Waals surface area contributed by atoms with Crippen molar-refractivity contribution >= 4 is 51.3 Å². The number of rotatable bonds is 5. The molecular formula is C16H10Cl2FNO4S. The van der Waals surface area contributed by atoms with Crippen LogP contribution in [0.1, 0.15) is 11.1 Å². The fourth-order valence-electron chi connectivity index (χ4n) is 2.00. The first kappa shape index (κ1) is 19.1. The van der Waals surface area contributed by atoms with Crippen molar-refractivity contribution in [2.24, 2.45) is 0 Å². The van der Waals surface area contributed by atoms with Gasteiger partial charge in [0.2, 0.25) is 0 Å². The molecule has 0 amide bonds. The zero-order valence-electron chi connectivity index (χ0n) is 12.4. The van der Waals surface area contributed by atoms with Gasteiger partial charge >= 0.3 is 10.2 Å². The molecule has 130 valence electrons. The SMILES string of the molecule is O=[N+]([O-])c1ccc(/C=C/C=C/c2cccc(Cl)c2S(=O)(=O)F)c(Cl)c1. The van der Waals surface area contributed by atoms with Crippen LogP contribution in [-0.2, 0) is 10.2 Å². The number of nitro groups is 1. The van der Waals surface area contributed by atoms with Crippen LogP contribution in [0.5, 0.6) is 0 Å². The van der Waals surface area contributed by atoms with Crippen molar-refractivity contribution in [3.05, 3.63) is 79.8 Å². The smallest absolute Gasteiger partial charge is 0.258 e. The fraction of sp³-hybridized carbons (Fsp3) is 0. The van der Waals surface area contributed by atoms with Gasteiger partial charge in [0.15, 0.2) is 0 Å². The van der Waals surface area contributed by atoms with E-state index in [0.717, 1.165) is 0 Å². The number of hydrogen-bond donors (Lipinski definition) is 0. The summed E-state index contributed by atoms with van der Waals surface area (Å²) in [5.41, 5.74) is 0.491. The summed E-state index contributed by atoms with van der Waals surface area (Å²) < 4.78 is 35.7. The van der Waals surface area contributed by atoms with Crippen LogP contribution >= 0.6 is 23.2 Å². The van der Waals surface area contributed by atoms with Crippen LogP contribution in [0.15, 0.2) is 53.4 Å². The predicted octanol–water partition coefficient (Wildman–Crippen LogP) is 5.29. The second-order valence-electron chi connectivity index (χ2n) is 4.78. The highest BCUT2D eigenvalue weighted by atomic mass is 35.5. The number of allylic oxidation sites excluding steroid dienone is 2. The molecule has 0 heterocycles. The fourth-order valence-corrected chi connectivity index (χ4v) is 3.41. The van der Waals surface area contributed by atoms with E-state index in [1.54, 1.807) is 6.08 Å². The molecule has 0 spiro atoms. The third kappa shape index (κ3) is 4.88. The van der Waals surface area contributed by atoms with Crippen molar-refractivity contribution in [1.82, 2.24) is 0 Å². The Bertz CT molecular complexity index is 988. The number of nitro benzene ring substituents is 1. The maximum absolute atomic E-state index is 13.3. The summed E-state index contributed by atoms with van der Waals surface area (Å²) >= 11 is 11.7. The second-order valence-corrected chi connectivity index (χ2v) is 6.88. The zero-order valence-corrected chi connectivity index (χ0v) is 14.7. The Morgan fingerprint density at radius 2 is 1.64 bits per heavy atom. The molecule has 0 aliphatic carbocycles. The van der Waals surface area contributed by atoms with E-state index in [9.17, 15) is 22.4 Å². The van der Waals surface area contributed by atoms with Crippen molar-refractivity contribution in [3.8, 4) is 0 Å². The maximum atomic E-state index is 13.3. The summed E-state index contributed by atoms with van der Waals surface area (Å²) in [6.07, 6.45) is 5.94. The van der Waals surface area contributed by atoms with Gasteiger partial charge in [0.25, 0.3) is 5.69 Å². The summed E-state index contributed by atoms with van der Waals surface area (Å²) in [6, 6.07) is 8.17. The molecule has 2 aromatic rings. The summed E-state index contributed by atoms with van der Waals surface area (Å²) in [4.78, 5) is 9.49. The third-order valence-corrected chi connectivity index (χ3v) is 4.80. The average Bonchev–Trinajstić information content (AvgIpc) is 2.51. The highest BCUT2D eigenvalue weighted by Gasteiger charge is 2.19. The molecule has 0 bridgehead atoms. The minimum absolute atomic E-state index is 0.0921. The Morgan fingerprint density at radius 1 is 1.00 bits per heavy atom. The summed E-state index contributed by atoms with van der Waals surface area (Å²) in [7, 11) is -4.97. The molecule has 0 saturated heterocycles. The van der Waals surface area contributed by atoms with Gasteiger partial charge in [-0.2, -0.15) is 8.42 Å². The van der Waals surface area contributed by atoms with Crippen molar-refractivity contribution in [2.45, 2.75) is 4.90 Å². The van der Waals surface area contributed by atoms with Crippen molar-refractivity contribution < 1.29 is 17.2 Å². The molecule has 0 fully saturated rings. The van der Waals surface area contributed by atoms with Gasteiger partial charge in [-0.3, -0.25) is 10.1 Å². The van der Waals surface area contributed by atoms with E-state index in [0.29, 0.717) is 5.56 Å². The Hall–Kier alpha value is -2.22. The summed E-state index contributed by atoms with van der Waals surface area (Å²) in [6.45, 7) is 0. The minimum atomic E-state index is -4.97. The van der Waals surface area contributed by atoms with Crippen LogP contribution in [0.25, 0.3) is 12.2 Å². The van der Waals surface area contributed by atoms with Gasteiger partial charge in [-0.1, -0.05) is 59.6 Å². The van der Waals surface area contributed by atoms with E-state index in [1.165, 1.54) is 54.6 Å². The largest absolute Gasteiger partial charge is 0.334 e. The first-order valence-electron chi connectivity index (χ1n) is 6.72. The first-order valence-corrected chi connectivity index (χ1v) is 8.86. The Kier molecular flexibility index (Phi) is 5.94. The van der Waals surface area contributed by atoms with Gasteiger partial charge in [-0.25, -0.2) is 0 Å². The quantitative estimate of drug-likeness (QED) is 0.295. The van der Waals surface area contributed by atoms with Gasteiger partial charge in [-0.15, -0.1) is 3.89 Å². The second kappa shape index (κ2) is 7.77. The average molecular weight is 402 g/mol. The molecule has 2 rings (SSSR count). The van der Waals surface area contributed by atoms with Gasteiger partial charge in [0.1, 0.15) is 4.90 Å². The van der Waals surface area contributed by atoms with Crippen LogP contribution in [-0.4, -0.2) is 13.3 Å². The summed E-state index contributed by atoms with van der Waals surface area (Å²) in [5.74, 6) is 0. The Morgan fingerprint density at radius 3 is 2.20 bits per heavy atom. The number of hydrogen-bond acceptors (Lipinski definition) is 4. The van der Waals surface area contributed by atoms with Gasteiger partial charge in [-0.05, 0) is 23.3 Å².